The Kier molecular flexibility index (Phi) is 6.89. The van der Waals surface area contributed by atoms with E-state index >= 15 is 0 Å². The fraction of sp³-hybridized carbons (Fsp3) is 0.240. The molecule has 2 aromatic carbocycles. The Morgan fingerprint density at radius 1 is 0.886 bits per heavy atom. The molecule has 1 amide bonds. The molecule has 2 aromatic heterocycles. The van der Waals surface area contributed by atoms with Crippen LogP contribution in [-0.4, -0.2) is 62.7 Å². The van der Waals surface area contributed by atoms with Crippen molar-refractivity contribution in [1.29, 1.82) is 0 Å². The minimum Gasteiger partial charge on any atom is -0.414 e. The number of carbonyl (C=O) groups excluding carboxylic acids is 1. The van der Waals surface area contributed by atoms with E-state index in [0.29, 0.717) is 24.0 Å². The Labute approximate surface area is 206 Å². The largest absolute Gasteiger partial charge is 0.414 e. The minimum atomic E-state index is -0.262. The molecule has 0 radical (unpaired) electrons. The van der Waals surface area contributed by atoms with Gasteiger partial charge in [0.25, 0.3) is 10.8 Å². The van der Waals surface area contributed by atoms with Crippen molar-refractivity contribution in [2.45, 2.75) is 11.8 Å². The lowest BCUT2D eigenvalue weighted by Crippen LogP contribution is -2.49. The van der Waals surface area contributed by atoms with Crippen LogP contribution in [0.2, 0.25) is 0 Å². The normalized spacial score (nSPS) is 13.7. The molecule has 3 heterocycles. The second-order valence-corrected chi connectivity index (χ2v) is 8.96. The Bertz CT molecular complexity index is 1330. The van der Waals surface area contributed by atoms with Gasteiger partial charge in [-0.05, 0) is 18.2 Å². The van der Waals surface area contributed by atoms with Gasteiger partial charge in [-0.25, -0.2) is 4.68 Å². The fourth-order valence-electron chi connectivity index (χ4n) is 3.88. The maximum atomic E-state index is 12.7. The standard InChI is InChI=1S/C25H24N6O3S/c32-23-12-11-21(19-7-3-1-4-8-19)28-31(23)17-22-26-27-25(34-22)35-18-24(33)30-15-13-29(14-16-30)20-9-5-2-6-10-20/h1-12H,13-18H2. The van der Waals surface area contributed by atoms with Crippen LogP contribution in [0.25, 0.3) is 11.3 Å². The number of piperazine rings is 1. The topological polar surface area (TPSA) is 97.4 Å². The summed E-state index contributed by atoms with van der Waals surface area (Å²) in [6.07, 6.45) is 0. The lowest BCUT2D eigenvalue weighted by atomic mass is 10.1. The zero-order chi connectivity index (χ0) is 24.0. The lowest BCUT2D eigenvalue weighted by molar-refractivity contribution is -0.128. The molecule has 1 fully saturated rings. The summed E-state index contributed by atoms with van der Waals surface area (Å²) in [7, 11) is 0. The third-order valence-corrected chi connectivity index (χ3v) is 6.55. The van der Waals surface area contributed by atoms with Crippen LogP contribution in [0.3, 0.4) is 0 Å². The molecular weight excluding hydrogens is 464 g/mol. The van der Waals surface area contributed by atoms with Gasteiger partial charge >= 0.3 is 0 Å². The monoisotopic (exact) mass is 488 g/mol. The Balaban J connectivity index is 1.15. The summed E-state index contributed by atoms with van der Waals surface area (Å²) in [4.78, 5) is 29.1. The zero-order valence-electron chi connectivity index (χ0n) is 19.0. The summed E-state index contributed by atoms with van der Waals surface area (Å²) in [5.41, 5.74) is 2.50. The van der Waals surface area contributed by atoms with Crippen LogP contribution in [0.4, 0.5) is 5.69 Å². The fourth-order valence-corrected chi connectivity index (χ4v) is 4.56. The van der Waals surface area contributed by atoms with Crippen LogP contribution < -0.4 is 10.5 Å². The highest BCUT2D eigenvalue weighted by molar-refractivity contribution is 7.99. The highest BCUT2D eigenvalue weighted by Crippen LogP contribution is 2.20. The quantitative estimate of drug-likeness (QED) is 0.367. The van der Waals surface area contributed by atoms with Gasteiger partial charge in [-0.15, -0.1) is 10.2 Å². The molecule has 0 bridgehead atoms. The molecule has 5 rings (SSSR count). The van der Waals surface area contributed by atoms with Gasteiger partial charge in [0.2, 0.25) is 11.8 Å². The van der Waals surface area contributed by atoms with Gasteiger partial charge in [0, 0.05) is 43.5 Å². The molecule has 178 valence electrons. The molecular formula is C25H24N6O3S. The maximum Gasteiger partial charge on any atom is 0.277 e. The van der Waals surface area contributed by atoms with Gasteiger partial charge in [-0.1, -0.05) is 60.3 Å². The van der Waals surface area contributed by atoms with E-state index in [4.69, 9.17) is 4.42 Å². The first-order valence-corrected chi connectivity index (χ1v) is 12.3. The first kappa shape index (κ1) is 22.9. The lowest BCUT2D eigenvalue weighted by Gasteiger charge is -2.36. The number of aromatic nitrogens is 4. The average Bonchev–Trinajstić information content (AvgIpc) is 3.37. The van der Waals surface area contributed by atoms with E-state index in [-0.39, 0.29) is 29.7 Å². The molecule has 0 N–H and O–H groups in total. The number of anilines is 1. The summed E-state index contributed by atoms with van der Waals surface area (Å²) < 4.78 is 6.96. The number of hydrogen-bond donors (Lipinski definition) is 0. The molecule has 0 aliphatic carbocycles. The summed E-state index contributed by atoms with van der Waals surface area (Å²) in [6, 6.07) is 23.0. The minimum absolute atomic E-state index is 0.0379. The number of rotatable bonds is 7. The predicted molar refractivity (Wildman–Crippen MR) is 133 cm³/mol. The van der Waals surface area contributed by atoms with Gasteiger partial charge in [0.1, 0.15) is 6.54 Å². The van der Waals surface area contributed by atoms with Crippen LogP contribution in [0.15, 0.2) is 87.2 Å². The summed E-state index contributed by atoms with van der Waals surface area (Å²) in [6.45, 7) is 3.01. The second-order valence-electron chi connectivity index (χ2n) is 8.03. The molecule has 0 atom stereocenters. The van der Waals surface area contributed by atoms with Crippen LogP contribution in [0.5, 0.6) is 0 Å². The summed E-state index contributed by atoms with van der Waals surface area (Å²) in [5, 5.41) is 12.7. The smallest absolute Gasteiger partial charge is 0.277 e. The SMILES string of the molecule is O=C(CSc1nnc(Cn2nc(-c3ccccc3)ccc2=O)o1)N1CCN(c2ccccc2)CC1. The van der Waals surface area contributed by atoms with E-state index in [1.807, 2.05) is 53.4 Å². The molecule has 10 heteroatoms. The van der Waals surface area contributed by atoms with Crippen molar-refractivity contribution in [3.05, 3.63) is 89.0 Å². The summed E-state index contributed by atoms with van der Waals surface area (Å²) in [5.74, 6) is 0.515. The van der Waals surface area contributed by atoms with E-state index in [2.05, 4.69) is 32.3 Å². The van der Waals surface area contributed by atoms with Crippen molar-refractivity contribution < 1.29 is 9.21 Å². The van der Waals surface area contributed by atoms with Crippen LogP contribution >= 0.6 is 11.8 Å². The van der Waals surface area contributed by atoms with Gasteiger partial charge in [-0.2, -0.15) is 5.10 Å². The third kappa shape index (κ3) is 5.60. The van der Waals surface area contributed by atoms with Gasteiger partial charge in [0.15, 0.2) is 0 Å². The number of amides is 1. The first-order valence-electron chi connectivity index (χ1n) is 11.3. The van der Waals surface area contributed by atoms with Crippen molar-refractivity contribution in [1.82, 2.24) is 24.9 Å². The molecule has 1 aliphatic heterocycles. The van der Waals surface area contributed by atoms with Crippen LogP contribution in [0, 0.1) is 0 Å². The van der Waals surface area contributed by atoms with Gasteiger partial charge in [-0.3, -0.25) is 9.59 Å². The van der Waals surface area contributed by atoms with E-state index in [1.54, 1.807) is 6.07 Å². The van der Waals surface area contributed by atoms with E-state index in [1.165, 1.54) is 28.2 Å². The molecule has 0 unspecified atom stereocenters. The Hall–Kier alpha value is -3.92. The molecule has 0 spiro atoms. The van der Waals surface area contributed by atoms with Crippen molar-refractivity contribution in [3.8, 4) is 11.3 Å². The molecule has 0 saturated carbocycles. The molecule has 1 saturated heterocycles. The number of carbonyl (C=O) groups is 1. The van der Waals surface area contributed by atoms with E-state index in [9.17, 15) is 9.59 Å². The van der Waals surface area contributed by atoms with Gasteiger partial charge < -0.3 is 14.2 Å². The molecule has 9 nitrogen and oxygen atoms in total. The number of hydrogen-bond acceptors (Lipinski definition) is 8. The van der Waals surface area contributed by atoms with Crippen molar-refractivity contribution in [2.75, 3.05) is 36.8 Å². The number of nitrogens with zero attached hydrogens (tertiary/aromatic N) is 6. The highest BCUT2D eigenvalue weighted by Gasteiger charge is 2.22. The van der Waals surface area contributed by atoms with Crippen LogP contribution in [0.1, 0.15) is 5.89 Å². The molecule has 35 heavy (non-hydrogen) atoms. The molecule has 4 aromatic rings. The van der Waals surface area contributed by atoms with Gasteiger partial charge in [0.05, 0.1) is 11.4 Å². The highest BCUT2D eigenvalue weighted by atomic mass is 32.2. The summed E-state index contributed by atoms with van der Waals surface area (Å²) >= 11 is 1.20. The van der Waals surface area contributed by atoms with E-state index in [0.717, 1.165) is 18.7 Å². The van der Waals surface area contributed by atoms with Crippen molar-refractivity contribution >= 4 is 23.4 Å². The van der Waals surface area contributed by atoms with Crippen molar-refractivity contribution in [3.63, 3.8) is 0 Å². The maximum absolute atomic E-state index is 12.7. The third-order valence-electron chi connectivity index (χ3n) is 5.74. The van der Waals surface area contributed by atoms with E-state index < -0.39 is 0 Å². The molecule has 1 aliphatic rings. The number of benzene rings is 2. The number of thioether (sulfide) groups is 1. The average molecular weight is 489 g/mol. The zero-order valence-corrected chi connectivity index (χ0v) is 19.8. The van der Waals surface area contributed by atoms with Crippen molar-refractivity contribution in [2.24, 2.45) is 0 Å². The second kappa shape index (κ2) is 10.6. The predicted octanol–water partition coefficient (Wildman–Crippen LogP) is 2.78. The van der Waals surface area contributed by atoms with Crippen LogP contribution in [-0.2, 0) is 11.3 Å². The Morgan fingerprint density at radius 3 is 2.34 bits per heavy atom. The number of para-hydroxylation sites is 1. The Morgan fingerprint density at radius 2 is 1.60 bits per heavy atom. The first-order chi connectivity index (χ1) is 17.2.